The summed E-state index contributed by atoms with van der Waals surface area (Å²) in [6, 6.07) is 0. The quantitative estimate of drug-likeness (QED) is 0.0824. The van der Waals surface area contributed by atoms with Crippen LogP contribution in [0, 0.1) is 0 Å². The van der Waals surface area contributed by atoms with Crippen LogP contribution in [0.5, 0.6) is 0 Å². The summed E-state index contributed by atoms with van der Waals surface area (Å²) in [6.07, 6.45) is -38.9. The summed E-state index contributed by atoms with van der Waals surface area (Å²) in [7, 11) is -5.20. The third kappa shape index (κ3) is 9.10. The Morgan fingerprint density at radius 3 is 1.31 bits per heavy atom. The molecule has 0 saturated carbocycles. The summed E-state index contributed by atoms with van der Waals surface area (Å²) in [4.78, 5) is 18.3. The average molecular weight is 747 g/mol. The third-order valence-electron chi connectivity index (χ3n) is 8.44. The molecule has 4 fully saturated rings. The van der Waals surface area contributed by atoms with E-state index in [0.29, 0.717) is 0 Å². The van der Waals surface area contributed by atoms with Crippen LogP contribution in [0.2, 0.25) is 0 Å². The number of hydrogen-bond donors (Lipinski definition) is 15. The lowest BCUT2D eigenvalue weighted by Gasteiger charge is -2.49. The zero-order valence-corrected chi connectivity index (χ0v) is 26.1. The molecule has 0 amide bonds. The molecule has 25 heteroatoms. The van der Waals surface area contributed by atoms with Gasteiger partial charge >= 0.3 is 7.82 Å². The van der Waals surface area contributed by atoms with Crippen molar-refractivity contribution in [1.29, 1.82) is 0 Å². The van der Waals surface area contributed by atoms with Crippen molar-refractivity contribution in [1.82, 2.24) is 0 Å². The monoisotopic (exact) mass is 746 g/mol. The fourth-order valence-corrected chi connectivity index (χ4v) is 5.98. The van der Waals surface area contributed by atoms with E-state index >= 15 is 0 Å². The molecule has 4 rings (SSSR count). The molecule has 4 heterocycles. The van der Waals surface area contributed by atoms with Crippen molar-refractivity contribution in [2.24, 2.45) is 0 Å². The molecular formula is C24H43O24P. The number of ether oxygens (including phenoxy) is 7. The van der Waals surface area contributed by atoms with Gasteiger partial charge in [-0.3, -0.25) is 4.52 Å². The van der Waals surface area contributed by atoms with E-state index in [4.69, 9.17) is 42.9 Å². The highest BCUT2D eigenvalue weighted by molar-refractivity contribution is 7.46. The zero-order chi connectivity index (χ0) is 36.5. The van der Waals surface area contributed by atoms with Crippen molar-refractivity contribution in [3.05, 3.63) is 0 Å². The van der Waals surface area contributed by atoms with Crippen molar-refractivity contribution in [2.45, 2.75) is 123 Å². The smallest absolute Gasteiger partial charge is 0.394 e. The highest BCUT2D eigenvalue weighted by Gasteiger charge is 2.56. The van der Waals surface area contributed by atoms with Crippen LogP contribution in [0.3, 0.4) is 0 Å². The van der Waals surface area contributed by atoms with Crippen LogP contribution >= 0.6 is 7.82 Å². The fraction of sp³-hybridized carbons (Fsp3) is 1.00. The zero-order valence-electron chi connectivity index (χ0n) is 25.2. The van der Waals surface area contributed by atoms with Gasteiger partial charge in [-0.2, -0.15) is 0 Å². The first-order chi connectivity index (χ1) is 22.9. The average Bonchev–Trinajstić information content (AvgIpc) is 3.05. The molecule has 4 aliphatic rings. The van der Waals surface area contributed by atoms with Gasteiger partial charge in [0, 0.05) is 0 Å². The van der Waals surface area contributed by atoms with E-state index in [2.05, 4.69) is 4.52 Å². The molecule has 0 aliphatic carbocycles. The molecule has 20 atom stereocenters. The third-order valence-corrected chi connectivity index (χ3v) is 8.93. The van der Waals surface area contributed by atoms with Crippen molar-refractivity contribution in [3.63, 3.8) is 0 Å². The number of phosphoric acid groups is 1. The van der Waals surface area contributed by atoms with Crippen LogP contribution in [0.25, 0.3) is 0 Å². The van der Waals surface area contributed by atoms with Gasteiger partial charge in [0.05, 0.1) is 26.4 Å². The normalized spacial score (nSPS) is 49.9. The van der Waals surface area contributed by atoms with Crippen molar-refractivity contribution in [2.75, 3.05) is 26.4 Å². The van der Waals surface area contributed by atoms with Gasteiger partial charge < -0.3 is 109 Å². The van der Waals surface area contributed by atoms with Crippen LogP contribution in [0.15, 0.2) is 0 Å². The minimum absolute atomic E-state index is 0.832. The highest BCUT2D eigenvalue weighted by atomic mass is 31.2. The lowest BCUT2D eigenvalue weighted by molar-refractivity contribution is -0.404. The fourth-order valence-electron chi connectivity index (χ4n) is 5.64. The predicted molar refractivity (Wildman–Crippen MR) is 145 cm³/mol. The molecule has 24 nitrogen and oxygen atoms in total. The Hall–Kier alpha value is -0.690. The van der Waals surface area contributed by atoms with Gasteiger partial charge in [0.2, 0.25) is 0 Å². The maximum atomic E-state index is 11.3. The minimum atomic E-state index is -5.20. The molecule has 4 aliphatic heterocycles. The second kappa shape index (κ2) is 17.0. The lowest BCUT2D eigenvalue weighted by Crippen LogP contribution is -2.68. The Kier molecular flexibility index (Phi) is 14.2. The first-order valence-electron chi connectivity index (χ1n) is 14.9. The maximum absolute atomic E-state index is 11.3. The molecule has 1 unspecified atom stereocenters. The first kappa shape index (κ1) is 41.1. The van der Waals surface area contributed by atoms with Gasteiger partial charge in [-0.25, -0.2) is 4.57 Å². The summed E-state index contributed by atoms with van der Waals surface area (Å²) in [6.45, 7) is -3.78. The van der Waals surface area contributed by atoms with Gasteiger partial charge in [0.1, 0.15) is 97.7 Å². The number of aliphatic hydroxyl groups excluding tert-OH is 13. The van der Waals surface area contributed by atoms with Crippen LogP contribution < -0.4 is 0 Å². The van der Waals surface area contributed by atoms with Crippen molar-refractivity contribution >= 4 is 7.82 Å². The Bertz CT molecular complexity index is 1080. The summed E-state index contributed by atoms with van der Waals surface area (Å²) in [5.74, 6) is 0. The Morgan fingerprint density at radius 1 is 0.449 bits per heavy atom. The van der Waals surface area contributed by atoms with Gasteiger partial charge in [-0.05, 0) is 0 Å². The van der Waals surface area contributed by atoms with Gasteiger partial charge in [-0.15, -0.1) is 0 Å². The number of aliphatic hydroxyl groups is 13. The SMILES string of the molecule is O=P(O)(O)OC[C@H]1O[C@H](O[C@@H]2[C@@H](O[C@@H]3C(O)O[C@H](CO)[C@@H](O)[C@@H]3O)O[C@H](CO)[C@@H](O)[C@@H]2O)[C@@H](O[C@H]2O[C@H](CO)[C@@H](O)[C@H](O)[C@@H]2O)[C@@H](O)[C@@H]1O. The summed E-state index contributed by atoms with van der Waals surface area (Å²) in [5, 5.41) is 134. The number of rotatable bonds is 12. The highest BCUT2D eigenvalue weighted by Crippen LogP contribution is 2.39. The second-order valence-corrected chi connectivity index (χ2v) is 13.0. The second-order valence-electron chi connectivity index (χ2n) is 11.7. The van der Waals surface area contributed by atoms with E-state index in [1.807, 2.05) is 0 Å². The Balaban J connectivity index is 1.65. The van der Waals surface area contributed by atoms with Crippen LogP contribution in [-0.2, 0) is 42.2 Å². The van der Waals surface area contributed by atoms with E-state index < -0.39 is 157 Å². The van der Waals surface area contributed by atoms with E-state index in [0.717, 1.165) is 0 Å². The van der Waals surface area contributed by atoms with Gasteiger partial charge in [0.15, 0.2) is 25.2 Å². The number of phosphoric ester groups is 1. The molecular weight excluding hydrogens is 703 g/mol. The van der Waals surface area contributed by atoms with E-state index in [1.54, 1.807) is 0 Å². The van der Waals surface area contributed by atoms with E-state index in [1.165, 1.54) is 0 Å². The largest absolute Gasteiger partial charge is 0.469 e. The maximum Gasteiger partial charge on any atom is 0.469 e. The van der Waals surface area contributed by atoms with Gasteiger partial charge in [-0.1, -0.05) is 0 Å². The molecule has 15 N–H and O–H groups in total. The molecule has 49 heavy (non-hydrogen) atoms. The summed E-state index contributed by atoms with van der Waals surface area (Å²) in [5.41, 5.74) is 0. The molecule has 0 aromatic rings. The molecule has 0 bridgehead atoms. The first-order valence-corrected chi connectivity index (χ1v) is 16.4. The molecule has 4 saturated heterocycles. The summed E-state index contributed by atoms with van der Waals surface area (Å²) < 4.78 is 53.9. The van der Waals surface area contributed by atoms with E-state index in [9.17, 15) is 70.9 Å². The standard InChI is InChI=1S/C24H43O24P/c25-1-5-10(29)14(33)18(21(37)42-5)46-23-20(15(34)11(30)7(3-27)44-23)48-24-19(16(35)12(31)8(45-24)4-41-49(38,39)40)47-22-17(36)13(32)9(28)6(2-26)43-22/h5-37H,1-4H2,(H2,38,39,40)/t5-,6-,7-,8-,9-,10-,11-,12-,13+,14+,15+,16+,17+,18+,19+,20+,21?,22-,23-,24-/m1/s1. The Morgan fingerprint density at radius 2 is 0.816 bits per heavy atom. The molecule has 0 radical (unpaired) electrons. The number of hydrogen-bond acceptors (Lipinski definition) is 22. The molecule has 0 aromatic heterocycles. The predicted octanol–water partition coefficient (Wildman–Crippen LogP) is -9.63. The van der Waals surface area contributed by atoms with Crippen LogP contribution in [0.1, 0.15) is 0 Å². The minimum Gasteiger partial charge on any atom is -0.394 e. The lowest BCUT2D eigenvalue weighted by atomic mass is 9.96. The molecule has 288 valence electrons. The van der Waals surface area contributed by atoms with Crippen molar-refractivity contribution in [3.8, 4) is 0 Å². The van der Waals surface area contributed by atoms with Crippen LogP contribution in [-0.4, -0.2) is 225 Å². The van der Waals surface area contributed by atoms with E-state index in [-0.39, 0.29) is 0 Å². The molecule has 0 aromatic carbocycles. The van der Waals surface area contributed by atoms with Gasteiger partial charge in [0.25, 0.3) is 0 Å². The Labute approximate surface area is 275 Å². The van der Waals surface area contributed by atoms with Crippen LogP contribution in [0.4, 0.5) is 0 Å². The summed E-state index contributed by atoms with van der Waals surface area (Å²) >= 11 is 0. The molecule has 0 spiro atoms. The van der Waals surface area contributed by atoms with Crippen molar-refractivity contribution < 1.29 is 118 Å². The topological polar surface area (TPSA) is 394 Å².